The maximum Gasteiger partial charge on any atom is 0.263 e. The van der Waals surface area contributed by atoms with Crippen molar-refractivity contribution in [3.63, 3.8) is 0 Å². The number of aryl methyl sites for hydroxylation is 2. The fourth-order valence-electron chi connectivity index (χ4n) is 1.90. The summed E-state index contributed by atoms with van der Waals surface area (Å²) in [6, 6.07) is 9.80. The Morgan fingerprint density at radius 3 is 2.26 bits per heavy atom. The Morgan fingerprint density at radius 1 is 1.05 bits per heavy atom. The van der Waals surface area contributed by atoms with Gasteiger partial charge in [-0.25, -0.2) is 0 Å². The molecule has 0 saturated carbocycles. The van der Waals surface area contributed by atoms with Gasteiger partial charge in [0, 0.05) is 5.69 Å². The Balaban J connectivity index is 2.31. The second-order valence-corrected chi connectivity index (χ2v) is 4.44. The average molecular weight is 257 g/mol. The van der Waals surface area contributed by atoms with Gasteiger partial charge in [0.15, 0.2) is 0 Å². The molecule has 0 unspecified atom stereocenters. The minimum absolute atomic E-state index is 0.123. The Bertz CT molecular complexity index is 615. The van der Waals surface area contributed by atoms with E-state index in [1.807, 2.05) is 26.0 Å². The minimum Gasteiger partial charge on any atom is -0.507 e. The largest absolute Gasteiger partial charge is 0.507 e. The fraction of sp³-hybridized carbons (Fsp3) is 0.133. The SMILES string of the molecule is Cc1ccc(NC(=O)c2c(O)cccc2O)c(C)c1. The van der Waals surface area contributed by atoms with Crippen LogP contribution in [0.5, 0.6) is 11.5 Å². The highest BCUT2D eigenvalue weighted by molar-refractivity contribution is 6.08. The first-order valence-corrected chi connectivity index (χ1v) is 5.88. The van der Waals surface area contributed by atoms with Gasteiger partial charge < -0.3 is 15.5 Å². The molecule has 0 heterocycles. The molecule has 19 heavy (non-hydrogen) atoms. The van der Waals surface area contributed by atoms with Crippen molar-refractivity contribution in [3.05, 3.63) is 53.1 Å². The van der Waals surface area contributed by atoms with Crippen molar-refractivity contribution in [2.24, 2.45) is 0 Å². The molecule has 98 valence electrons. The first-order chi connectivity index (χ1) is 8.99. The summed E-state index contributed by atoms with van der Waals surface area (Å²) in [7, 11) is 0. The van der Waals surface area contributed by atoms with Crippen molar-refractivity contribution in [3.8, 4) is 11.5 Å². The molecule has 4 heteroatoms. The van der Waals surface area contributed by atoms with E-state index in [4.69, 9.17) is 0 Å². The second kappa shape index (κ2) is 5.02. The van der Waals surface area contributed by atoms with E-state index in [0.717, 1.165) is 11.1 Å². The number of phenolic OH excluding ortho intramolecular Hbond substituents is 2. The third-order valence-corrected chi connectivity index (χ3v) is 2.88. The van der Waals surface area contributed by atoms with Crippen LogP contribution in [0.25, 0.3) is 0 Å². The first-order valence-electron chi connectivity index (χ1n) is 5.88. The molecule has 0 atom stereocenters. The minimum atomic E-state index is -0.539. The molecule has 1 amide bonds. The summed E-state index contributed by atoms with van der Waals surface area (Å²) in [5.41, 5.74) is 2.55. The molecular weight excluding hydrogens is 242 g/mol. The number of carbonyl (C=O) groups excluding carboxylic acids is 1. The van der Waals surface area contributed by atoms with E-state index in [-0.39, 0.29) is 17.1 Å². The van der Waals surface area contributed by atoms with Gasteiger partial charge in [-0.05, 0) is 37.6 Å². The molecular formula is C15H15NO3. The van der Waals surface area contributed by atoms with Gasteiger partial charge in [-0.1, -0.05) is 23.8 Å². The number of carbonyl (C=O) groups is 1. The van der Waals surface area contributed by atoms with Gasteiger partial charge in [-0.3, -0.25) is 4.79 Å². The van der Waals surface area contributed by atoms with Gasteiger partial charge in [0.1, 0.15) is 17.1 Å². The van der Waals surface area contributed by atoms with E-state index < -0.39 is 5.91 Å². The highest BCUT2D eigenvalue weighted by Crippen LogP contribution is 2.27. The Kier molecular flexibility index (Phi) is 3.42. The molecule has 2 aromatic carbocycles. The van der Waals surface area contributed by atoms with Crippen LogP contribution in [0, 0.1) is 13.8 Å². The van der Waals surface area contributed by atoms with Gasteiger partial charge in [-0.2, -0.15) is 0 Å². The molecule has 2 rings (SSSR count). The number of benzene rings is 2. The quantitative estimate of drug-likeness (QED) is 0.774. The van der Waals surface area contributed by atoms with E-state index in [1.165, 1.54) is 18.2 Å². The number of anilines is 1. The molecule has 0 radical (unpaired) electrons. The summed E-state index contributed by atoms with van der Waals surface area (Å²) in [6.07, 6.45) is 0. The molecule has 0 saturated heterocycles. The van der Waals surface area contributed by atoms with Crippen molar-refractivity contribution in [2.45, 2.75) is 13.8 Å². The molecule has 0 aromatic heterocycles. The maximum atomic E-state index is 12.1. The van der Waals surface area contributed by atoms with Gasteiger partial charge in [0.25, 0.3) is 5.91 Å². The monoisotopic (exact) mass is 257 g/mol. The predicted molar refractivity (Wildman–Crippen MR) is 73.6 cm³/mol. The fourth-order valence-corrected chi connectivity index (χ4v) is 1.90. The highest BCUT2D eigenvalue weighted by Gasteiger charge is 2.16. The molecule has 2 aromatic rings. The number of hydrogen-bond donors (Lipinski definition) is 3. The lowest BCUT2D eigenvalue weighted by atomic mass is 10.1. The lowest BCUT2D eigenvalue weighted by molar-refractivity contribution is 0.102. The number of nitrogens with one attached hydrogen (secondary N) is 1. The predicted octanol–water partition coefficient (Wildman–Crippen LogP) is 2.97. The smallest absolute Gasteiger partial charge is 0.263 e. The van der Waals surface area contributed by atoms with Gasteiger partial charge in [0.2, 0.25) is 0 Å². The number of rotatable bonds is 2. The molecule has 0 aliphatic heterocycles. The molecule has 3 N–H and O–H groups in total. The highest BCUT2D eigenvalue weighted by atomic mass is 16.3. The van der Waals surface area contributed by atoms with Crippen molar-refractivity contribution < 1.29 is 15.0 Å². The summed E-state index contributed by atoms with van der Waals surface area (Å²) in [4.78, 5) is 12.1. The van der Waals surface area contributed by atoms with Crippen molar-refractivity contribution in [1.82, 2.24) is 0 Å². The topological polar surface area (TPSA) is 69.6 Å². The Hall–Kier alpha value is -2.49. The third-order valence-electron chi connectivity index (χ3n) is 2.88. The van der Waals surface area contributed by atoms with Crippen LogP contribution in [0.4, 0.5) is 5.69 Å². The van der Waals surface area contributed by atoms with Crippen LogP contribution in [0.1, 0.15) is 21.5 Å². The standard InChI is InChI=1S/C15H15NO3/c1-9-6-7-11(10(2)8-9)16-15(19)14-12(17)4-3-5-13(14)18/h3-8,17-18H,1-2H3,(H,16,19). The molecule has 0 aliphatic carbocycles. The molecule has 0 spiro atoms. The van der Waals surface area contributed by atoms with Gasteiger partial charge in [-0.15, -0.1) is 0 Å². The van der Waals surface area contributed by atoms with Crippen molar-refractivity contribution in [2.75, 3.05) is 5.32 Å². The molecule has 0 aliphatic rings. The second-order valence-electron chi connectivity index (χ2n) is 4.44. The van der Waals surface area contributed by atoms with Crippen LogP contribution in [0.2, 0.25) is 0 Å². The van der Waals surface area contributed by atoms with Crippen LogP contribution in [0.3, 0.4) is 0 Å². The Morgan fingerprint density at radius 2 is 1.68 bits per heavy atom. The van der Waals surface area contributed by atoms with Crippen LogP contribution in [0.15, 0.2) is 36.4 Å². The number of hydrogen-bond acceptors (Lipinski definition) is 3. The van der Waals surface area contributed by atoms with E-state index >= 15 is 0 Å². The lowest BCUT2D eigenvalue weighted by Gasteiger charge is -2.11. The zero-order chi connectivity index (χ0) is 14.0. The van der Waals surface area contributed by atoms with Crippen LogP contribution >= 0.6 is 0 Å². The number of phenols is 2. The van der Waals surface area contributed by atoms with Crippen LogP contribution in [-0.4, -0.2) is 16.1 Å². The van der Waals surface area contributed by atoms with E-state index in [0.29, 0.717) is 5.69 Å². The summed E-state index contributed by atoms with van der Waals surface area (Å²) in [5.74, 6) is -1.04. The normalized spacial score (nSPS) is 10.2. The molecule has 0 fully saturated rings. The molecule has 4 nitrogen and oxygen atoms in total. The number of aromatic hydroxyl groups is 2. The van der Waals surface area contributed by atoms with E-state index in [9.17, 15) is 15.0 Å². The first kappa shape index (κ1) is 13.0. The van der Waals surface area contributed by atoms with Gasteiger partial charge >= 0.3 is 0 Å². The van der Waals surface area contributed by atoms with E-state index in [1.54, 1.807) is 6.07 Å². The third kappa shape index (κ3) is 2.68. The van der Waals surface area contributed by atoms with Crippen molar-refractivity contribution in [1.29, 1.82) is 0 Å². The summed E-state index contributed by atoms with van der Waals surface area (Å²) in [6.45, 7) is 3.85. The molecule has 0 bridgehead atoms. The zero-order valence-electron chi connectivity index (χ0n) is 10.8. The maximum absolute atomic E-state index is 12.1. The Labute approximate surface area is 111 Å². The van der Waals surface area contributed by atoms with Crippen molar-refractivity contribution >= 4 is 11.6 Å². The zero-order valence-corrected chi connectivity index (χ0v) is 10.8. The lowest BCUT2D eigenvalue weighted by Crippen LogP contribution is -2.13. The van der Waals surface area contributed by atoms with Crippen LogP contribution < -0.4 is 5.32 Å². The van der Waals surface area contributed by atoms with E-state index in [2.05, 4.69) is 5.32 Å². The summed E-state index contributed by atoms with van der Waals surface area (Å²) in [5, 5.41) is 21.9. The van der Waals surface area contributed by atoms with Crippen LogP contribution in [-0.2, 0) is 0 Å². The number of amides is 1. The summed E-state index contributed by atoms with van der Waals surface area (Å²) < 4.78 is 0. The average Bonchev–Trinajstić information content (AvgIpc) is 2.32. The van der Waals surface area contributed by atoms with Gasteiger partial charge in [0.05, 0.1) is 0 Å². The summed E-state index contributed by atoms with van der Waals surface area (Å²) >= 11 is 0.